The summed E-state index contributed by atoms with van der Waals surface area (Å²) in [5, 5.41) is 3.46. The average molecular weight is 211 g/mol. The minimum Gasteiger partial charge on any atom is -0.246 e. The normalized spacial score (nSPS) is 13.3. The molecule has 1 aromatic rings. The van der Waals surface area contributed by atoms with Crippen molar-refractivity contribution in [3.8, 4) is 0 Å². The SMILES string of the molecule is CC(C)(C)Cc1nc(C(C)(C)C)cs1. The van der Waals surface area contributed by atoms with E-state index >= 15 is 0 Å². The minimum absolute atomic E-state index is 0.187. The second-order valence-corrected chi connectivity index (χ2v) is 7.06. The molecule has 0 bridgehead atoms. The van der Waals surface area contributed by atoms with Gasteiger partial charge < -0.3 is 0 Å². The molecule has 0 radical (unpaired) electrons. The van der Waals surface area contributed by atoms with Gasteiger partial charge in [-0.2, -0.15) is 0 Å². The molecule has 0 saturated carbocycles. The standard InChI is InChI=1S/C12H21NS/c1-11(2,3)7-10-13-9(8-14-10)12(4,5)6/h8H,7H2,1-6H3. The molecule has 0 aromatic carbocycles. The fourth-order valence-corrected chi connectivity index (χ4v) is 2.51. The van der Waals surface area contributed by atoms with Crippen molar-refractivity contribution in [2.45, 2.75) is 53.4 Å². The summed E-state index contributed by atoms with van der Waals surface area (Å²) in [6, 6.07) is 0. The van der Waals surface area contributed by atoms with Crippen molar-refractivity contribution in [1.82, 2.24) is 4.98 Å². The van der Waals surface area contributed by atoms with Crippen LogP contribution in [0.1, 0.15) is 52.2 Å². The van der Waals surface area contributed by atoms with Crippen LogP contribution in [0.2, 0.25) is 0 Å². The molecule has 80 valence electrons. The van der Waals surface area contributed by atoms with Crippen LogP contribution in [-0.2, 0) is 11.8 Å². The van der Waals surface area contributed by atoms with E-state index in [1.165, 1.54) is 10.7 Å². The lowest BCUT2D eigenvalue weighted by atomic mass is 9.92. The van der Waals surface area contributed by atoms with E-state index in [0.717, 1.165) is 6.42 Å². The third kappa shape index (κ3) is 3.41. The molecule has 2 heteroatoms. The molecule has 0 aliphatic rings. The highest BCUT2D eigenvalue weighted by atomic mass is 32.1. The first-order valence-electron chi connectivity index (χ1n) is 5.13. The summed E-state index contributed by atoms with van der Waals surface area (Å²) in [5.41, 5.74) is 1.75. The second kappa shape index (κ2) is 3.65. The Balaban J connectivity index is 2.79. The van der Waals surface area contributed by atoms with Crippen LogP contribution in [0.4, 0.5) is 0 Å². The molecule has 0 fully saturated rings. The van der Waals surface area contributed by atoms with E-state index in [4.69, 9.17) is 0 Å². The molecule has 0 amide bonds. The van der Waals surface area contributed by atoms with Crippen LogP contribution >= 0.6 is 11.3 Å². The van der Waals surface area contributed by atoms with Crippen LogP contribution in [0.15, 0.2) is 5.38 Å². The molecule has 0 spiro atoms. The fourth-order valence-electron chi connectivity index (χ4n) is 1.19. The van der Waals surface area contributed by atoms with Gasteiger partial charge in [0.2, 0.25) is 0 Å². The van der Waals surface area contributed by atoms with Gasteiger partial charge in [-0.05, 0) is 5.41 Å². The molecule has 0 aliphatic carbocycles. The highest BCUT2D eigenvalue weighted by molar-refractivity contribution is 7.09. The predicted octanol–water partition coefficient (Wildman–Crippen LogP) is 4.03. The zero-order valence-corrected chi connectivity index (χ0v) is 11.0. The Morgan fingerprint density at radius 2 is 1.71 bits per heavy atom. The van der Waals surface area contributed by atoms with Gasteiger partial charge in [-0.1, -0.05) is 41.5 Å². The lowest BCUT2D eigenvalue weighted by Gasteiger charge is -2.17. The molecular formula is C12H21NS. The van der Waals surface area contributed by atoms with Crippen LogP contribution in [-0.4, -0.2) is 4.98 Å². The summed E-state index contributed by atoms with van der Waals surface area (Å²) in [6.07, 6.45) is 1.08. The molecule has 0 atom stereocenters. The topological polar surface area (TPSA) is 12.9 Å². The number of rotatable bonds is 1. The van der Waals surface area contributed by atoms with Crippen LogP contribution in [0.3, 0.4) is 0 Å². The highest BCUT2D eigenvalue weighted by Crippen LogP contribution is 2.27. The Kier molecular flexibility index (Phi) is 3.05. The van der Waals surface area contributed by atoms with Gasteiger partial charge in [-0.3, -0.25) is 0 Å². The second-order valence-electron chi connectivity index (χ2n) is 6.11. The third-order valence-corrected chi connectivity index (χ3v) is 2.85. The number of aromatic nitrogens is 1. The maximum absolute atomic E-state index is 4.69. The summed E-state index contributed by atoms with van der Waals surface area (Å²) < 4.78 is 0. The zero-order valence-electron chi connectivity index (χ0n) is 10.1. The van der Waals surface area contributed by atoms with Crippen molar-refractivity contribution in [2.75, 3.05) is 0 Å². The first-order valence-corrected chi connectivity index (χ1v) is 6.01. The van der Waals surface area contributed by atoms with Gasteiger partial charge in [0.25, 0.3) is 0 Å². The van der Waals surface area contributed by atoms with E-state index < -0.39 is 0 Å². The van der Waals surface area contributed by atoms with Crippen molar-refractivity contribution >= 4 is 11.3 Å². The zero-order chi connectivity index (χ0) is 11.0. The summed E-state index contributed by atoms with van der Waals surface area (Å²) in [7, 11) is 0. The first-order chi connectivity index (χ1) is 6.18. The maximum atomic E-state index is 4.69. The highest BCUT2D eigenvalue weighted by Gasteiger charge is 2.19. The summed E-state index contributed by atoms with van der Waals surface area (Å²) in [6.45, 7) is 13.4. The van der Waals surface area contributed by atoms with Crippen molar-refractivity contribution in [3.63, 3.8) is 0 Å². The molecule has 0 N–H and O–H groups in total. The van der Waals surface area contributed by atoms with Crippen molar-refractivity contribution < 1.29 is 0 Å². The Morgan fingerprint density at radius 3 is 2.07 bits per heavy atom. The van der Waals surface area contributed by atoms with Crippen LogP contribution in [0.5, 0.6) is 0 Å². The third-order valence-electron chi connectivity index (χ3n) is 2.00. The Hall–Kier alpha value is -0.370. The first kappa shape index (κ1) is 11.7. The summed E-state index contributed by atoms with van der Waals surface area (Å²) in [4.78, 5) is 4.69. The van der Waals surface area contributed by atoms with Crippen LogP contribution < -0.4 is 0 Å². The van der Waals surface area contributed by atoms with E-state index in [2.05, 4.69) is 51.9 Å². The van der Waals surface area contributed by atoms with Crippen molar-refractivity contribution in [1.29, 1.82) is 0 Å². The summed E-state index contributed by atoms with van der Waals surface area (Å²) in [5.74, 6) is 0. The number of hydrogen-bond donors (Lipinski definition) is 0. The molecule has 1 aromatic heterocycles. The van der Waals surface area contributed by atoms with Crippen molar-refractivity contribution in [3.05, 3.63) is 16.1 Å². The largest absolute Gasteiger partial charge is 0.246 e. The smallest absolute Gasteiger partial charge is 0.0933 e. The Bertz CT molecular complexity index is 299. The Morgan fingerprint density at radius 1 is 1.14 bits per heavy atom. The van der Waals surface area contributed by atoms with Gasteiger partial charge in [0.1, 0.15) is 0 Å². The maximum Gasteiger partial charge on any atom is 0.0933 e. The minimum atomic E-state index is 0.187. The lowest BCUT2D eigenvalue weighted by molar-refractivity contribution is 0.409. The Labute approximate surface area is 91.6 Å². The number of nitrogens with zero attached hydrogens (tertiary/aromatic N) is 1. The van der Waals surface area contributed by atoms with Gasteiger partial charge in [0.15, 0.2) is 0 Å². The quantitative estimate of drug-likeness (QED) is 0.683. The van der Waals surface area contributed by atoms with E-state index in [1.54, 1.807) is 11.3 Å². The van der Waals surface area contributed by atoms with E-state index in [-0.39, 0.29) is 5.41 Å². The average Bonchev–Trinajstić information content (AvgIpc) is 2.29. The molecule has 1 heterocycles. The van der Waals surface area contributed by atoms with Gasteiger partial charge >= 0.3 is 0 Å². The van der Waals surface area contributed by atoms with Crippen LogP contribution in [0, 0.1) is 5.41 Å². The summed E-state index contributed by atoms with van der Waals surface area (Å²) >= 11 is 1.79. The molecular weight excluding hydrogens is 190 g/mol. The molecule has 14 heavy (non-hydrogen) atoms. The van der Waals surface area contributed by atoms with Crippen molar-refractivity contribution in [2.24, 2.45) is 5.41 Å². The van der Waals surface area contributed by atoms with E-state index in [1.807, 2.05) is 0 Å². The molecule has 1 rings (SSSR count). The monoisotopic (exact) mass is 211 g/mol. The van der Waals surface area contributed by atoms with Gasteiger partial charge in [0.05, 0.1) is 10.7 Å². The fraction of sp³-hybridized carbons (Fsp3) is 0.750. The molecule has 0 aliphatic heterocycles. The predicted molar refractivity (Wildman–Crippen MR) is 64.0 cm³/mol. The van der Waals surface area contributed by atoms with E-state index in [0.29, 0.717) is 5.41 Å². The van der Waals surface area contributed by atoms with Gasteiger partial charge in [-0.15, -0.1) is 11.3 Å². The lowest BCUT2D eigenvalue weighted by Crippen LogP contribution is -2.13. The molecule has 1 nitrogen and oxygen atoms in total. The van der Waals surface area contributed by atoms with Gasteiger partial charge in [0, 0.05) is 17.2 Å². The molecule has 0 saturated heterocycles. The van der Waals surface area contributed by atoms with E-state index in [9.17, 15) is 0 Å². The number of thiazole rings is 1. The van der Waals surface area contributed by atoms with Gasteiger partial charge in [-0.25, -0.2) is 4.98 Å². The van der Waals surface area contributed by atoms with Crippen LogP contribution in [0.25, 0.3) is 0 Å². The molecule has 0 unspecified atom stereocenters. The number of hydrogen-bond acceptors (Lipinski definition) is 2.